The molecular weight excluding hydrogens is 326 g/mol. The molecular formula is C14H20BrNO2S. The van der Waals surface area contributed by atoms with Crippen LogP contribution in [-0.4, -0.2) is 24.4 Å². The fourth-order valence-corrected chi connectivity index (χ4v) is 2.86. The Bertz CT molecular complexity index is 444. The summed E-state index contributed by atoms with van der Waals surface area (Å²) in [7, 11) is 1.40. The molecule has 1 aromatic carbocycles. The van der Waals surface area contributed by atoms with E-state index < -0.39 is 0 Å². The van der Waals surface area contributed by atoms with Gasteiger partial charge in [-0.2, -0.15) is 0 Å². The van der Waals surface area contributed by atoms with Crippen LogP contribution < -0.4 is 5.32 Å². The molecule has 0 atom stereocenters. The van der Waals surface area contributed by atoms with Crippen molar-refractivity contribution in [3.8, 4) is 0 Å². The number of thioether (sulfide) groups is 1. The van der Waals surface area contributed by atoms with Crippen LogP contribution in [0.15, 0.2) is 27.6 Å². The van der Waals surface area contributed by atoms with Gasteiger partial charge in [0.05, 0.1) is 12.9 Å². The second-order valence-corrected chi connectivity index (χ2v) is 7.10. The van der Waals surface area contributed by atoms with Gasteiger partial charge in [0.2, 0.25) is 0 Å². The first-order valence-electron chi connectivity index (χ1n) is 6.05. The maximum absolute atomic E-state index is 11.1. The maximum Gasteiger partial charge on any atom is 0.315 e. The van der Waals surface area contributed by atoms with Gasteiger partial charge in [0.15, 0.2) is 0 Å². The summed E-state index contributed by atoms with van der Waals surface area (Å²) in [6, 6.07) is 6.18. The number of benzene rings is 1. The molecule has 3 nitrogen and oxygen atoms in total. The SMILES string of the molecule is COC(=O)CSc1ccc(CNC(C)(C)C)cc1Br. The number of hydrogen-bond acceptors (Lipinski definition) is 4. The molecule has 106 valence electrons. The monoisotopic (exact) mass is 345 g/mol. The Kier molecular flexibility index (Phi) is 6.36. The van der Waals surface area contributed by atoms with Crippen molar-refractivity contribution in [1.82, 2.24) is 5.32 Å². The third-order valence-electron chi connectivity index (χ3n) is 2.39. The number of esters is 1. The van der Waals surface area contributed by atoms with E-state index in [9.17, 15) is 4.79 Å². The molecule has 0 unspecified atom stereocenters. The van der Waals surface area contributed by atoms with E-state index >= 15 is 0 Å². The number of hydrogen-bond donors (Lipinski definition) is 1. The average Bonchev–Trinajstić information content (AvgIpc) is 2.34. The molecule has 0 saturated heterocycles. The van der Waals surface area contributed by atoms with Gasteiger partial charge in [0.25, 0.3) is 0 Å². The molecule has 0 spiro atoms. The minimum Gasteiger partial charge on any atom is -0.468 e. The first-order valence-corrected chi connectivity index (χ1v) is 7.83. The Balaban J connectivity index is 2.61. The Morgan fingerprint density at radius 3 is 2.63 bits per heavy atom. The van der Waals surface area contributed by atoms with Gasteiger partial charge in [-0.25, -0.2) is 0 Å². The van der Waals surface area contributed by atoms with Crippen LogP contribution in [0, 0.1) is 0 Å². The molecule has 1 rings (SSSR count). The van der Waals surface area contributed by atoms with E-state index in [4.69, 9.17) is 0 Å². The van der Waals surface area contributed by atoms with Gasteiger partial charge < -0.3 is 10.1 Å². The zero-order valence-corrected chi connectivity index (χ0v) is 14.2. The van der Waals surface area contributed by atoms with Crippen LogP contribution in [-0.2, 0) is 16.1 Å². The van der Waals surface area contributed by atoms with E-state index in [2.05, 4.69) is 58.9 Å². The fourth-order valence-electron chi connectivity index (χ4n) is 1.33. The van der Waals surface area contributed by atoms with Crippen LogP contribution in [0.5, 0.6) is 0 Å². The van der Waals surface area contributed by atoms with Crippen molar-refractivity contribution < 1.29 is 9.53 Å². The maximum atomic E-state index is 11.1. The normalized spacial score (nSPS) is 11.4. The first-order chi connectivity index (χ1) is 8.81. The van der Waals surface area contributed by atoms with Crippen molar-refractivity contribution in [3.63, 3.8) is 0 Å². The lowest BCUT2D eigenvalue weighted by Crippen LogP contribution is -2.35. The van der Waals surface area contributed by atoms with Crippen LogP contribution in [0.3, 0.4) is 0 Å². The topological polar surface area (TPSA) is 38.3 Å². The van der Waals surface area contributed by atoms with E-state index in [1.54, 1.807) is 0 Å². The van der Waals surface area contributed by atoms with Gasteiger partial charge in [-0.3, -0.25) is 4.79 Å². The molecule has 0 amide bonds. The standard InChI is InChI=1S/C14H20BrNO2S/c1-14(2,3)16-8-10-5-6-12(11(15)7-10)19-9-13(17)18-4/h5-7,16H,8-9H2,1-4H3. The van der Waals surface area contributed by atoms with Crippen molar-refractivity contribution in [2.24, 2.45) is 0 Å². The summed E-state index contributed by atoms with van der Waals surface area (Å²) in [5.41, 5.74) is 1.31. The van der Waals surface area contributed by atoms with Crippen LogP contribution in [0.4, 0.5) is 0 Å². The summed E-state index contributed by atoms with van der Waals surface area (Å²) < 4.78 is 5.64. The molecule has 0 aliphatic carbocycles. The third kappa shape index (κ3) is 6.45. The summed E-state index contributed by atoms with van der Waals surface area (Å²) in [6.45, 7) is 7.25. The molecule has 0 aliphatic rings. The van der Waals surface area contributed by atoms with Crippen LogP contribution in [0.1, 0.15) is 26.3 Å². The van der Waals surface area contributed by atoms with E-state index in [1.165, 1.54) is 24.4 Å². The third-order valence-corrected chi connectivity index (χ3v) is 4.36. The van der Waals surface area contributed by atoms with Gasteiger partial charge in [-0.05, 0) is 54.4 Å². The van der Waals surface area contributed by atoms with Crippen molar-refractivity contribution in [2.45, 2.75) is 37.8 Å². The van der Waals surface area contributed by atoms with Crippen molar-refractivity contribution in [2.75, 3.05) is 12.9 Å². The van der Waals surface area contributed by atoms with E-state index in [-0.39, 0.29) is 11.5 Å². The van der Waals surface area contributed by atoms with Crippen molar-refractivity contribution >= 4 is 33.7 Å². The van der Waals surface area contributed by atoms with Gasteiger partial charge in [0, 0.05) is 21.5 Å². The van der Waals surface area contributed by atoms with Gasteiger partial charge in [0.1, 0.15) is 0 Å². The predicted octanol–water partition coefficient (Wildman–Crippen LogP) is 3.60. The number of nitrogens with one attached hydrogen (secondary N) is 1. The Labute approximate surface area is 127 Å². The van der Waals surface area contributed by atoms with Crippen LogP contribution in [0.2, 0.25) is 0 Å². The molecule has 5 heteroatoms. The second kappa shape index (κ2) is 7.31. The van der Waals surface area contributed by atoms with Gasteiger partial charge >= 0.3 is 5.97 Å². The molecule has 0 radical (unpaired) electrons. The second-order valence-electron chi connectivity index (χ2n) is 5.23. The van der Waals surface area contributed by atoms with Crippen LogP contribution >= 0.6 is 27.7 Å². The number of rotatable bonds is 5. The molecule has 0 fully saturated rings. The van der Waals surface area contributed by atoms with Gasteiger partial charge in [-0.1, -0.05) is 6.07 Å². The lowest BCUT2D eigenvalue weighted by molar-refractivity contribution is -0.137. The molecule has 1 aromatic rings. The van der Waals surface area contributed by atoms with E-state index in [1.807, 2.05) is 6.07 Å². The number of methoxy groups -OCH3 is 1. The quantitative estimate of drug-likeness (QED) is 0.653. The highest BCUT2D eigenvalue weighted by atomic mass is 79.9. The minimum absolute atomic E-state index is 0.102. The van der Waals surface area contributed by atoms with Crippen molar-refractivity contribution in [3.05, 3.63) is 28.2 Å². The minimum atomic E-state index is -0.213. The summed E-state index contributed by atoms with van der Waals surface area (Å²) in [5, 5.41) is 3.44. The number of carbonyl (C=O) groups excluding carboxylic acids is 1. The molecule has 0 aliphatic heterocycles. The number of carbonyl (C=O) groups is 1. The summed E-state index contributed by atoms with van der Waals surface area (Å²) >= 11 is 5.01. The largest absolute Gasteiger partial charge is 0.468 e. The number of ether oxygens (including phenoxy) is 1. The van der Waals surface area contributed by atoms with Crippen LogP contribution in [0.25, 0.3) is 0 Å². The summed E-state index contributed by atoms with van der Waals surface area (Å²) in [4.78, 5) is 12.2. The molecule has 1 N–H and O–H groups in total. The molecule has 19 heavy (non-hydrogen) atoms. The molecule has 0 bridgehead atoms. The van der Waals surface area contributed by atoms with E-state index in [0.717, 1.165) is 15.9 Å². The lowest BCUT2D eigenvalue weighted by atomic mass is 10.1. The fraction of sp³-hybridized carbons (Fsp3) is 0.500. The predicted molar refractivity (Wildman–Crippen MR) is 83.5 cm³/mol. The smallest absolute Gasteiger partial charge is 0.315 e. The van der Waals surface area contributed by atoms with E-state index in [0.29, 0.717) is 5.75 Å². The summed E-state index contributed by atoms with van der Waals surface area (Å²) in [6.07, 6.45) is 0. The average molecular weight is 346 g/mol. The highest BCUT2D eigenvalue weighted by Crippen LogP contribution is 2.28. The van der Waals surface area contributed by atoms with Crippen molar-refractivity contribution in [1.29, 1.82) is 0 Å². The molecule has 0 saturated carbocycles. The first kappa shape index (κ1) is 16.5. The Morgan fingerprint density at radius 2 is 2.11 bits per heavy atom. The zero-order valence-electron chi connectivity index (χ0n) is 11.7. The highest BCUT2D eigenvalue weighted by Gasteiger charge is 2.10. The number of halogens is 1. The Morgan fingerprint density at radius 1 is 1.42 bits per heavy atom. The summed E-state index contributed by atoms with van der Waals surface area (Å²) in [5.74, 6) is 0.115. The highest BCUT2D eigenvalue weighted by molar-refractivity contribution is 9.10. The molecule has 0 aromatic heterocycles. The molecule has 0 heterocycles. The lowest BCUT2D eigenvalue weighted by Gasteiger charge is -2.20. The zero-order chi connectivity index (χ0) is 14.5. The van der Waals surface area contributed by atoms with Gasteiger partial charge in [-0.15, -0.1) is 11.8 Å². The Hall–Kier alpha value is -0.520.